The van der Waals surface area contributed by atoms with Gasteiger partial charge in [0.15, 0.2) is 5.13 Å². The van der Waals surface area contributed by atoms with Gasteiger partial charge in [-0.05, 0) is 19.1 Å². The summed E-state index contributed by atoms with van der Waals surface area (Å²) in [7, 11) is -4.20. The molecule has 1 heterocycles. The Morgan fingerprint density at radius 2 is 2.22 bits per heavy atom. The number of hydrogen-bond donors (Lipinski definition) is 1. The number of sulfonamides is 1. The molecule has 0 saturated carbocycles. The van der Waals surface area contributed by atoms with Crippen molar-refractivity contribution in [2.24, 2.45) is 0 Å². The molecule has 1 amide bonds. The number of nitrogens with one attached hydrogen (secondary N) is 1. The molecule has 1 aromatic heterocycles. The van der Waals surface area contributed by atoms with Gasteiger partial charge in [-0.15, -0.1) is 17.9 Å². The maximum Gasteiger partial charge on any atom is 0.289 e. The standard InChI is InChI=1S/C15H15ClN4O5S2/c1-3-6-19(9-14(21)18-15-17-8-10(2)26-15)27(24,25)11-4-5-12(16)13(7-11)20(22)23/h3-5,7-8H,1,6,9H2,2H3,(H,17,18,21). The third-order valence-electron chi connectivity index (χ3n) is 3.27. The first kappa shape index (κ1) is 21.0. The first-order valence-corrected chi connectivity index (χ1v) is 10.1. The Morgan fingerprint density at radius 3 is 2.78 bits per heavy atom. The summed E-state index contributed by atoms with van der Waals surface area (Å²) in [5, 5.41) is 13.7. The van der Waals surface area contributed by atoms with Crippen LogP contribution in [0, 0.1) is 17.0 Å². The van der Waals surface area contributed by atoms with Gasteiger partial charge in [-0.3, -0.25) is 14.9 Å². The second-order valence-corrected chi connectivity index (χ2v) is 8.86. The van der Waals surface area contributed by atoms with E-state index in [1.54, 1.807) is 6.20 Å². The third kappa shape index (κ3) is 5.10. The lowest BCUT2D eigenvalue weighted by Gasteiger charge is -2.20. The average molecular weight is 431 g/mol. The van der Waals surface area contributed by atoms with Gasteiger partial charge >= 0.3 is 0 Å². The zero-order valence-electron chi connectivity index (χ0n) is 14.1. The molecule has 144 valence electrons. The predicted octanol–water partition coefficient (Wildman–Crippen LogP) is 2.83. The highest BCUT2D eigenvalue weighted by molar-refractivity contribution is 7.89. The maximum atomic E-state index is 12.8. The molecule has 9 nitrogen and oxygen atoms in total. The van der Waals surface area contributed by atoms with Crippen molar-refractivity contribution < 1.29 is 18.1 Å². The van der Waals surface area contributed by atoms with Gasteiger partial charge in [0.1, 0.15) is 5.02 Å². The van der Waals surface area contributed by atoms with E-state index >= 15 is 0 Å². The molecular weight excluding hydrogens is 416 g/mol. The monoisotopic (exact) mass is 430 g/mol. The summed E-state index contributed by atoms with van der Waals surface area (Å²) >= 11 is 6.97. The van der Waals surface area contributed by atoms with E-state index in [2.05, 4.69) is 16.9 Å². The lowest BCUT2D eigenvalue weighted by molar-refractivity contribution is -0.384. The molecule has 0 bridgehead atoms. The van der Waals surface area contributed by atoms with E-state index in [4.69, 9.17) is 11.6 Å². The number of carbonyl (C=O) groups is 1. The van der Waals surface area contributed by atoms with Crippen LogP contribution in [0.4, 0.5) is 10.8 Å². The van der Waals surface area contributed by atoms with Crippen molar-refractivity contribution in [1.82, 2.24) is 9.29 Å². The molecule has 0 saturated heterocycles. The Morgan fingerprint density at radius 1 is 1.52 bits per heavy atom. The number of aromatic nitrogens is 1. The van der Waals surface area contributed by atoms with Gasteiger partial charge in [-0.2, -0.15) is 4.31 Å². The van der Waals surface area contributed by atoms with Crippen LogP contribution in [0.1, 0.15) is 4.88 Å². The Kier molecular flexibility index (Phi) is 6.65. The molecule has 0 unspecified atom stereocenters. The molecule has 2 rings (SSSR count). The van der Waals surface area contributed by atoms with Crippen LogP contribution in [0.5, 0.6) is 0 Å². The molecule has 0 aliphatic rings. The lowest BCUT2D eigenvalue weighted by atomic mass is 10.3. The quantitative estimate of drug-likeness (QED) is 0.390. The normalized spacial score (nSPS) is 11.4. The van der Waals surface area contributed by atoms with E-state index in [9.17, 15) is 23.3 Å². The Labute approximate surface area is 164 Å². The zero-order valence-corrected chi connectivity index (χ0v) is 16.5. The maximum absolute atomic E-state index is 12.8. The molecule has 2 aromatic rings. The number of benzene rings is 1. The van der Waals surface area contributed by atoms with Crippen molar-refractivity contribution in [2.45, 2.75) is 11.8 Å². The van der Waals surface area contributed by atoms with E-state index in [1.807, 2.05) is 6.92 Å². The molecule has 0 aliphatic heterocycles. The third-order valence-corrected chi connectivity index (χ3v) is 6.23. The van der Waals surface area contributed by atoms with Crippen LogP contribution in [0.15, 0.2) is 41.9 Å². The number of nitrogens with zero attached hydrogens (tertiary/aromatic N) is 3. The van der Waals surface area contributed by atoms with Crippen molar-refractivity contribution in [1.29, 1.82) is 0 Å². The first-order chi connectivity index (χ1) is 12.6. The number of rotatable bonds is 8. The number of nitro benzene ring substituents is 1. The van der Waals surface area contributed by atoms with Crippen LogP contribution in [0.25, 0.3) is 0 Å². The van der Waals surface area contributed by atoms with Crippen molar-refractivity contribution in [3.63, 3.8) is 0 Å². The van der Waals surface area contributed by atoms with Gasteiger partial charge < -0.3 is 5.32 Å². The summed E-state index contributed by atoms with van der Waals surface area (Å²) in [4.78, 5) is 26.9. The topological polar surface area (TPSA) is 123 Å². The fourth-order valence-electron chi connectivity index (χ4n) is 2.07. The summed E-state index contributed by atoms with van der Waals surface area (Å²) in [6.45, 7) is 4.63. The van der Waals surface area contributed by atoms with Gasteiger partial charge in [0, 0.05) is 23.7 Å². The van der Waals surface area contributed by atoms with Crippen molar-refractivity contribution in [3.05, 3.63) is 57.1 Å². The fourth-order valence-corrected chi connectivity index (χ4v) is 4.32. The molecular formula is C15H15ClN4O5S2. The van der Waals surface area contributed by atoms with Crippen LogP contribution in [0.3, 0.4) is 0 Å². The van der Waals surface area contributed by atoms with Crippen molar-refractivity contribution in [2.75, 3.05) is 18.4 Å². The number of aryl methyl sites for hydroxylation is 1. The van der Waals surface area contributed by atoms with Crippen LogP contribution in [-0.4, -0.2) is 41.6 Å². The Balaban J connectivity index is 2.28. The highest BCUT2D eigenvalue weighted by Gasteiger charge is 2.28. The zero-order chi connectivity index (χ0) is 20.2. The fraction of sp³-hybridized carbons (Fsp3) is 0.200. The van der Waals surface area contributed by atoms with E-state index in [0.29, 0.717) is 5.13 Å². The van der Waals surface area contributed by atoms with Crippen molar-refractivity contribution in [3.8, 4) is 0 Å². The van der Waals surface area contributed by atoms with Gasteiger partial charge in [-0.25, -0.2) is 13.4 Å². The number of amides is 1. The molecule has 0 atom stereocenters. The summed E-state index contributed by atoms with van der Waals surface area (Å²) < 4.78 is 26.5. The van der Waals surface area contributed by atoms with Crippen molar-refractivity contribution >= 4 is 49.7 Å². The second-order valence-electron chi connectivity index (χ2n) is 5.28. The summed E-state index contributed by atoms with van der Waals surface area (Å²) in [5.74, 6) is -0.599. The molecule has 1 N–H and O–H groups in total. The first-order valence-electron chi connectivity index (χ1n) is 7.42. The lowest BCUT2D eigenvalue weighted by Crippen LogP contribution is -2.38. The molecule has 1 aromatic carbocycles. The van der Waals surface area contributed by atoms with Gasteiger partial charge in [0.2, 0.25) is 15.9 Å². The highest BCUT2D eigenvalue weighted by atomic mass is 35.5. The van der Waals surface area contributed by atoms with Crippen LogP contribution < -0.4 is 5.32 Å². The van der Waals surface area contributed by atoms with E-state index < -0.39 is 33.1 Å². The molecule has 12 heteroatoms. The number of halogens is 1. The summed E-state index contributed by atoms with van der Waals surface area (Å²) in [6, 6.07) is 3.12. The SMILES string of the molecule is C=CCN(CC(=O)Nc1ncc(C)s1)S(=O)(=O)c1ccc(Cl)c([N+](=O)[O-])c1. The smallest absolute Gasteiger partial charge is 0.289 e. The number of nitro groups is 1. The number of anilines is 1. The van der Waals surface area contributed by atoms with E-state index in [1.165, 1.54) is 17.4 Å². The minimum absolute atomic E-state index is 0.164. The van der Waals surface area contributed by atoms with Gasteiger partial charge in [0.05, 0.1) is 16.4 Å². The largest absolute Gasteiger partial charge is 0.301 e. The van der Waals surface area contributed by atoms with E-state index in [0.717, 1.165) is 27.4 Å². The average Bonchev–Trinajstić information content (AvgIpc) is 2.99. The number of hydrogen-bond acceptors (Lipinski definition) is 7. The highest BCUT2D eigenvalue weighted by Crippen LogP contribution is 2.28. The summed E-state index contributed by atoms with van der Waals surface area (Å²) in [5.41, 5.74) is -0.543. The molecule has 0 spiro atoms. The van der Waals surface area contributed by atoms with Crippen LogP contribution >= 0.6 is 22.9 Å². The van der Waals surface area contributed by atoms with Crippen LogP contribution in [-0.2, 0) is 14.8 Å². The summed E-state index contributed by atoms with van der Waals surface area (Å²) in [6.07, 6.45) is 2.88. The molecule has 0 fully saturated rings. The molecule has 0 aliphatic carbocycles. The van der Waals surface area contributed by atoms with Gasteiger partial charge in [0.25, 0.3) is 5.69 Å². The number of thiazole rings is 1. The minimum atomic E-state index is -4.20. The second kappa shape index (κ2) is 8.57. The Hall–Kier alpha value is -2.34. The molecule has 27 heavy (non-hydrogen) atoms. The van der Waals surface area contributed by atoms with E-state index in [-0.39, 0.29) is 16.5 Å². The minimum Gasteiger partial charge on any atom is -0.301 e. The number of carbonyl (C=O) groups excluding carboxylic acids is 1. The van der Waals surface area contributed by atoms with Crippen LogP contribution in [0.2, 0.25) is 5.02 Å². The van der Waals surface area contributed by atoms with Gasteiger partial charge in [-0.1, -0.05) is 17.7 Å². The molecule has 0 radical (unpaired) electrons. The predicted molar refractivity (Wildman–Crippen MR) is 103 cm³/mol. The Bertz CT molecular complexity index is 990.